The molecular weight excluding hydrogens is 594 g/mol. The minimum absolute atomic E-state index is 0.0413. The highest BCUT2D eigenvalue weighted by Gasteiger charge is 2.47. The third kappa shape index (κ3) is 8.32. The quantitative estimate of drug-likeness (QED) is 0.221. The Morgan fingerprint density at radius 1 is 0.786 bits per heavy atom. The van der Waals surface area contributed by atoms with Gasteiger partial charge in [0.05, 0.1) is 6.04 Å². The van der Waals surface area contributed by atoms with Crippen LogP contribution in [0.5, 0.6) is 0 Å². The number of hydrogen-bond donors (Lipinski definition) is 1. The number of rotatable bonds is 12. The first kappa shape index (κ1) is 33.5. The van der Waals surface area contributed by atoms with Gasteiger partial charge >= 0.3 is 6.09 Å². The highest BCUT2D eigenvalue weighted by Crippen LogP contribution is 2.47. The first-order chi connectivity index (χ1) is 19.8. The Morgan fingerprint density at radius 3 is 1.71 bits per heavy atom. The number of nitrogens with zero attached hydrogens (tertiary/aromatic N) is 1. The number of nitrogens with two attached hydrogens (primary N) is 1. The molecule has 0 saturated carbocycles. The molecule has 42 heavy (non-hydrogen) atoms. The third-order valence-electron chi connectivity index (χ3n) is 6.66. The minimum atomic E-state index is -4.13. The Labute approximate surface area is 257 Å². The first-order valence-corrected chi connectivity index (χ1v) is 16.3. The van der Waals surface area contributed by atoms with E-state index < -0.39 is 36.8 Å². The highest BCUT2D eigenvalue weighted by molar-refractivity contribution is 7.93. The van der Waals surface area contributed by atoms with E-state index in [9.17, 15) is 14.4 Å². The second kappa shape index (κ2) is 15.0. The van der Waals surface area contributed by atoms with E-state index in [1.54, 1.807) is 48.5 Å². The number of amides is 2. The molecule has 2 amide bonds. The molecule has 10 heteroatoms. The molecule has 3 aromatic rings. The number of hydrogen-bond acceptors (Lipinski definition) is 6. The van der Waals surface area contributed by atoms with E-state index in [2.05, 4.69) is 0 Å². The van der Waals surface area contributed by atoms with Gasteiger partial charge in [-0.05, 0) is 78.8 Å². The highest BCUT2D eigenvalue weighted by atomic mass is 35.5. The summed E-state index contributed by atoms with van der Waals surface area (Å²) in [5.41, 5.74) is 6.20. The van der Waals surface area contributed by atoms with Crippen LogP contribution in [0.1, 0.15) is 46.1 Å². The van der Waals surface area contributed by atoms with Crippen molar-refractivity contribution in [2.24, 2.45) is 17.6 Å². The normalized spacial score (nSPS) is 13.1. The van der Waals surface area contributed by atoms with Crippen LogP contribution < -0.4 is 16.3 Å². The largest absolute Gasteiger partial charge is 0.444 e. The lowest BCUT2D eigenvalue weighted by molar-refractivity contribution is -0.137. The number of halogens is 2. The van der Waals surface area contributed by atoms with E-state index in [-0.39, 0.29) is 41.9 Å². The third-order valence-corrected chi connectivity index (χ3v) is 10.1. The lowest BCUT2D eigenvalue weighted by atomic mass is 10.00. The van der Waals surface area contributed by atoms with E-state index in [4.69, 9.17) is 33.7 Å². The standard InChI is InChI=1S/C32H37Cl2N2O5P/c1-21(2)18-28(35)30(37)36(32(39)41-20-23-8-6-5-7-9-23)29(19-22(3)4)31(38)42(40,26-14-10-24(33)11-15-26)27-16-12-25(34)13-17-27/h5-17,21-22,28-29H,18-20,35H2,1-4H3/t28-,29-/m0/s1. The fourth-order valence-corrected chi connectivity index (χ4v) is 7.46. The summed E-state index contributed by atoms with van der Waals surface area (Å²) in [4.78, 5) is 43.0. The van der Waals surface area contributed by atoms with Crippen molar-refractivity contribution in [2.45, 2.75) is 59.2 Å². The Hall–Kier alpha value is -2.96. The van der Waals surface area contributed by atoms with Gasteiger partial charge in [0, 0.05) is 20.7 Å². The minimum Gasteiger partial charge on any atom is -0.444 e. The maximum atomic E-state index is 15.1. The van der Waals surface area contributed by atoms with Crippen LogP contribution in [0.4, 0.5) is 4.79 Å². The number of carbonyl (C=O) groups excluding carboxylic acids is 3. The van der Waals surface area contributed by atoms with Gasteiger partial charge in [-0.1, -0.05) is 81.2 Å². The van der Waals surface area contributed by atoms with Crippen molar-refractivity contribution < 1.29 is 23.7 Å². The summed E-state index contributed by atoms with van der Waals surface area (Å²) in [7, 11) is -4.13. The number of ether oxygens (including phenoxy) is 1. The second-order valence-corrected chi connectivity index (χ2v) is 14.6. The van der Waals surface area contributed by atoms with Gasteiger partial charge in [-0.15, -0.1) is 0 Å². The maximum absolute atomic E-state index is 15.1. The monoisotopic (exact) mass is 630 g/mol. The summed E-state index contributed by atoms with van der Waals surface area (Å²) in [6.07, 6.45) is -0.707. The zero-order valence-corrected chi connectivity index (χ0v) is 26.6. The topological polar surface area (TPSA) is 107 Å². The van der Waals surface area contributed by atoms with Gasteiger partial charge in [-0.25, -0.2) is 9.69 Å². The lowest BCUT2D eigenvalue weighted by Gasteiger charge is -2.34. The van der Waals surface area contributed by atoms with Gasteiger partial charge in [-0.3, -0.25) is 9.59 Å². The number of imide groups is 1. The first-order valence-electron chi connectivity index (χ1n) is 13.8. The van der Waals surface area contributed by atoms with Crippen LogP contribution in [-0.4, -0.2) is 34.5 Å². The molecule has 0 fully saturated rings. The summed E-state index contributed by atoms with van der Waals surface area (Å²) in [6, 6.07) is 18.7. The van der Waals surface area contributed by atoms with Crippen molar-refractivity contribution >= 4 is 58.5 Å². The second-order valence-electron chi connectivity index (χ2n) is 11.0. The molecule has 2 N–H and O–H groups in total. The van der Waals surface area contributed by atoms with Gasteiger partial charge in [0.2, 0.25) is 18.6 Å². The Kier molecular flexibility index (Phi) is 12.0. The van der Waals surface area contributed by atoms with E-state index in [1.165, 1.54) is 24.3 Å². The molecule has 3 aromatic carbocycles. The van der Waals surface area contributed by atoms with Gasteiger partial charge in [0.1, 0.15) is 12.6 Å². The summed E-state index contributed by atoms with van der Waals surface area (Å²) >= 11 is 12.2. The van der Waals surface area contributed by atoms with Gasteiger partial charge in [-0.2, -0.15) is 0 Å². The summed E-state index contributed by atoms with van der Waals surface area (Å²) in [5, 5.41) is 1.22. The van der Waals surface area contributed by atoms with Crippen LogP contribution in [0.2, 0.25) is 10.0 Å². The predicted molar refractivity (Wildman–Crippen MR) is 169 cm³/mol. The lowest BCUT2D eigenvalue weighted by Crippen LogP contribution is -2.55. The fourth-order valence-electron chi connectivity index (χ4n) is 4.63. The van der Waals surface area contributed by atoms with Crippen LogP contribution in [0.3, 0.4) is 0 Å². The Bertz CT molecular complexity index is 1360. The van der Waals surface area contributed by atoms with E-state index >= 15 is 4.57 Å². The molecule has 0 aliphatic rings. The van der Waals surface area contributed by atoms with Crippen molar-refractivity contribution in [1.82, 2.24) is 4.90 Å². The van der Waals surface area contributed by atoms with Gasteiger partial charge in [0.15, 0.2) is 0 Å². The van der Waals surface area contributed by atoms with E-state index in [0.717, 1.165) is 4.90 Å². The van der Waals surface area contributed by atoms with Crippen molar-refractivity contribution in [1.29, 1.82) is 0 Å². The molecule has 0 spiro atoms. The molecule has 0 radical (unpaired) electrons. The molecule has 2 atom stereocenters. The fraction of sp³-hybridized carbons (Fsp3) is 0.344. The molecule has 224 valence electrons. The molecule has 0 unspecified atom stereocenters. The van der Waals surface area contributed by atoms with E-state index in [1.807, 2.05) is 33.8 Å². The number of benzene rings is 3. The maximum Gasteiger partial charge on any atom is 0.417 e. The average Bonchev–Trinajstić information content (AvgIpc) is 2.95. The summed E-state index contributed by atoms with van der Waals surface area (Å²) in [6.45, 7) is 7.37. The van der Waals surface area contributed by atoms with Crippen molar-refractivity contribution in [3.05, 3.63) is 94.5 Å². The molecule has 3 rings (SSSR count). The summed E-state index contributed by atoms with van der Waals surface area (Å²) in [5.74, 6) is -0.888. The van der Waals surface area contributed by atoms with Crippen LogP contribution in [0, 0.1) is 11.8 Å². The van der Waals surface area contributed by atoms with Crippen LogP contribution in [0.15, 0.2) is 78.9 Å². The molecule has 0 aliphatic heterocycles. The van der Waals surface area contributed by atoms with Gasteiger partial charge < -0.3 is 15.0 Å². The van der Waals surface area contributed by atoms with Crippen molar-refractivity contribution in [3.8, 4) is 0 Å². The smallest absolute Gasteiger partial charge is 0.417 e. The SMILES string of the molecule is CC(C)C[C@H](N)C(=O)N(C(=O)OCc1ccccc1)[C@@H](CC(C)C)C(=O)P(=O)(c1ccc(Cl)cc1)c1ccc(Cl)cc1. The van der Waals surface area contributed by atoms with Crippen LogP contribution in [0.25, 0.3) is 0 Å². The van der Waals surface area contributed by atoms with Crippen molar-refractivity contribution in [3.63, 3.8) is 0 Å². The van der Waals surface area contributed by atoms with Crippen LogP contribution in [-0.2, 0) is 25.5 Å². The molecule has 0 aliphatic carbocycles. The molecule has 7 nitrogen and oxygen atoms in total. The molecule has 0 bridgehead atoms. The zero-order valence-electron chi connectivity index (χ0n) is 24.2. The molecule has 0 saturated heterocycles. The predicted octanol–water partition coefficient (Wildman–Crippen LogP) is 6.79. The van der Waals surface area contributed by atoms with E-state index in [0.29, 0.717) is 15.6 Å². The van der Waals surface area contributed by atoms with Crippen molar-refractivity contribution in [2.75, 3.05) is 0 Å². The number of carbonyl (C=O) groups is 3. The summed E-state index contributed by atoms with van der Waals surface area (Å²) < 4.78 is 20.7. The Balaban J connectivity index is 2.16. The average molecular weight is 632 g/mol. The molecule has 0 heterocycles. The zero-order chi connectivity index (χ0) is 31.0. The van der Waals surface area contributed by atoms with Crippen LogP contribution >= 0.6 is 30.3 Å². The molecular formula is C32H37Cl2N2O5P. The molecule has 0 aromatic heterocycles. The Morgan fingerprint density at radius 2 is 1.26 bits per heavy atom. The van der Waals surface area contributed by atoms with Gasteiger partial charge in [0.25, 0.3) is 0 Å².